The molecular formula is C16H22N2. The van der Waals surface area contributed by atoms with Crippen molar-refractivity contribution in [2.75, 3.05) is 11.9 Å². The third kappa shape index (κ3) is 1.79. The van der Waals surface area contributed by atoms with Crippen molar-refractivity contribution >= 4 is 5.69 Å². The topological polar surface area (TPSA) is 35.8 Å². The number of para-hydroxylation sites is 1. The first-order chi connectivity index (χ1) is 8.32. The molecule has 1 aromatic carbocycles. The normalized spacial score (nSPS) is 20.2. The Hall–Kier alpha value is -1.49. The maximum Gasteiger partial charge on any atom is 0.101 e. The quantitative estimate of drug-likeness (QED) is 0.870. The highest BCUT2D eigenvalue weighted by atomic mass is 14.9. The van der Waals surface area contributed by atoms with Gasteiger partial charge in [-0.05, 0) is 35.3 Å². The van der Waals surface area contributed by atoms with Gasteiger partial charge in [0.1, 0.15) is 6.07 Å². The predicted molar refractivity (Wildman–Crippen MR) is 75.4 cm³/mol. The van der Waals surface area contributed by atoms with Gasteiger partial charge in [0.25, 0.3) is 0 Å². The molecule has 1 N–H and O–H groups in total. The van der Waals surface area contributed by atoms with Gasteiger partial charge in [0.05, 0.1) is 11.3 Å². The molecule has 0 unspecified atom stereocenters. The second kappa shape index (κ2) is 4.02. The first-order valence-corrected chi connectivity index (χ1v) is 6.56. The number of hydrogen-bond acceptors (Lipinski definition) is 2. The SMILES string of the molecule is Cc1cccc(C#N)c1NCC1C(C)(C)C1(C)C. The zero-order valence-electron chi connectivity index (χ0n) is 12.0. The highest BCUT2D eigenvalue weighted by Gasteiger charge is 2.64. The summed E-state index contributed by atoms with van der Waals surface area (Å²) < 4.78 is 0. The van der Waals surface area contributed by atoms with Crippen molar-refractivity contribution in [2.45, 2.75) is 34.6 Å². The highest BCUT2D eigenvalue weighted by molar-refractivity contribution is 5.62. The Morgan fingerprint density at radius 1 is 1.22 bits per heavy atom. The van der Waals surface area contributed by atoms with E-state index in [-0.39, 0.29) is 0 Å². The third-order valence-electron chi connectivity index (χ3n) is 5.20. The van der Waals surface area contributed by atoms with Crippen LogP contribution in [0.4, 0.5) is 5.69 Å². The standard InChI is InChI=1S/C16H22N2/c1-11-7-6-8-12(9-17)14(11)18-10-13-15(2,3)16(13,4)5/h6-8,13,18H,10H2,1-5H3. The molecule has 0 radical (unpaired) electrons. The van der Waals surface area contributed by atoms with E-state index in [2.05, 4.69) is 39.1 Å². The second-order valence-corrected chi connectivity index (χ2v) is 6.49. The van der Waals surface area contributed by atoms with Crippen LogP contribution in [-0.2, 0) is 0 Å². The molecule has 2 nitrogen and oxygen atoms in total. The molecule has 1 saturated carbocycles. The summed E-state index contributed by atoms with van der Waals surface area (Å²) in [5.74, 6) is 0.663. The molecule has 1 aromatic rings. The number of hydrogen-bond donors (Lipinski definition) is 1. The molecule has 1 aliphatic rings. The molecule has 1 aliphatic carbocycles. The Bertz CT molecular complexity index is 492. The fraction of sp³-hybridized carbons (Fsp3) is 0.562. The van der Waals surface area contributed by atoms with Gasteiger partial charge in [-0.3, -0.25) is 0 Å². The van der Waals surface area contributed by atoms with E-state index in [0.717, 1.165) is 23.4 Å². The maximum atomic E-state index is 9.14. The Morgan fingerprint density at radius 3 is 2.33 bits per heavy atom. The number of nitrogens with zero attached hydrogens (tertiary/aromatic N) is 1. The molecular weight excluding hydrogens is 220 g/mol. The van der Waals surface area contributed by atoms with Crippen LogP contribution in [0.1, 0.15) is 38.8 Å². The predicted octanol–water partition coefficient (Wildman–Crippen LogP) is 3.96. The summed E-state index contributed by atoms with van der Waals surface area (Å²) in [5, 5.41) is 12.6. The zero-order valence-corrected chi connectivity index (χ0v) is 12.0. The Labute approximate surface area is 110 Å². The average molecular weight is 242 g/mol. The van der Waals surface area contributed by atoms with Gasteiger partial charge in [-0.25, -0.2) is 0 Å². The number of rotatable bonds is 3. The molecule has 96 valence electrons. The average Bonchev–Trinajstić information content (AvgIpc) is 2.68. The van der Waals surface area contributed by atoms with Crippen molar-refractivity contribution in [3.8, 4) is 6.07 Å². The lowest BCUT2D eigenvalue weighted by Gasteiger charge is -2.12. The van der Waals surface area contributed by atoms with Crippen molar-refractivity contribution in [2.24, 2.45) is 16.7 Å². The van der Waals surface area contributed by atoms with E-state index in [9.17, 15) is 0 Å². The van der Waals surface area contributed by atoms with Crippen LogP contribution >= 0.6 is 0 Å². The van der Waals surface area contributed by atoms with Gasteiger partial charge in [0.15, 0.2) is 0 Å². The summed E-state index contributed by atoms with van der Waals surface area (Å²) in [7, 11) is 0. The molecule has 0 amide bonds. The summed E-state index contributed by atoms with van der Waals surface area (Å²) in [6.07, 6.45) is 0. The Balaban J connectivity index is 2.12. The molecule has 18 heavy (non-hydrogen) atoms. The Kier molecular flexibility index (Phi) is 2.89. The van der Waals surface area contributed by atoms with Crippen molar-refractivity contribution in [1.82, 2.24) is 0 Å². The minimum atomic E-state index is 0.384. The van der Waals surface area contributed by atoms with Gasteiger partial charge >= 0.3 is 0 Å². The number of nitrogens with one attached hydrogen (secondary N) is 1. The van der Waals surface area contributed by atoms with Crippen molar-refractivity contribution in [1.29, 1.82) is 5.26 Å². The number of benzene rings is 1. The van der Waals surface area contributed by atoms with Gasteiger partial charge in [0, 0.05) is 6.54 Å². The lowest BCUT2D eigenvalue weighted by Crippen LogP contribution is -2.10. The van der Waals surface area contributed by atoms with E-state index < -0.39 is 0 Å². The molecule has 2 heteroatoms. The maximum absolute atomic E-state index is 9.14. The van der Waals surface area contributed by atoms with Crippen LogP contribution in [0.3, 0.4) is 0 Å². The summed E-state index contributed by atoms with van der Waals surface area (Å²) in [6.45, 7) is 12.3. The number of nitriles is 1. The first-order valence-electron chi connectivity index (χ1n) is 6.56. The van der Waals surface area contributed by atoms with Crippen LogP contribution in [0.15, 0.2) is 18.2 Å². The summed E-state index contributed by atoms with van der Waals surface area (Å²) in [4.78, 5) is 0. The van der Waals surface area contributed by atoms with E-state index in [4.69, 9.17) is 5.26 Å². The monoisotopic (exact) mass is 242 g/mol. The first kappa shape index (κ1) is 13.0. The van der Waals surface area contributed by atoms with Gasteiger partial charge in [-0.15, -0.1) is 0 Å². The molecule has 0 heterocycles. The fourth-order valence-electron chi connectivity index (χ4n) is 3.04. The summed E-state index contributed by atoms with van der Waals surface area (Å²) >= 11 is 0. The van der Waals surface area contributed by atoms with Crippen molar-refractivity contribution in [3.63, 3.8) is 0 Å². The van der Waals surface area contributed by atoms with Crippen molar-refractivity contribution in [3.05, 3.63) is 29.3 Å². The molecule has 0 aliphatic heterocycles. The molecule has 0 spiro atoms. The van der Waals surface area contributed by atoms with Crippen LogP contribution in [-0.4, -0.2) is 6.54 Å². The minimum absolute atomic E-state index is 0.384. The van der Waals surface area contributed by atoms with E-state index in [1.54, 1.807) is 0 Å². The molecule has 0 aromatic heterocycles. The molecule has 1 fully saturated rings. The fourth-order valence-corrected chi connectivity index (χ4v) is 3.04. The van der Waals surface area contributed by atoms with Crippen LogP contribution in [0.5, 0.6) is 0 Å². The smallest absolute Gasteiger partial charge is 0.101 e. The molecule has 0 atom stereocenters. The van der Waals surface area contributed by atoms with Crippen LogP contribution in [0.25, 0.3) is 0 Å². The van der Waals surface area contributed by atoms with Gasteiger partial charge in [0.2, 0.25) is 0 Å². The van der Waals surface area contributed by atoms with Crippen molar-refractivity contribution < 1.29 is 0 Å². The summed E-state index contributed by atoms with van der Waals surface area (Å²) in [6, 6.07) is 8.12. The van der Waals surface area contributed by atoms with Gasteiger partial charge in [-0.1, -0.05) is 39.8 Å². The second-order valence-electron chi connectivity index (χ2n) is 6.49. The third-order valence-corrected chi connectivity index (χ3v) is 5.20. The molecule has 0 saturated heterocycles. The van der Waals surface area contributed by atoms with Crippen LogP contribution < -0.4 is 5.32 Å². The molecule has 0 bridgehead atoms. The van der Waals surface area contributed by atoms with E-state index in [1.165, 1.54) is 0 Å². The van der Waals surface area contributed by atoms with Crippen LogP contribution in [0, 0.1) is 35.0 Å². The van der Waals surface area contributed by atoms with E-state index in [1.807, 2.05) is 25.1 Å². The molecule has 2 rings (SSSR count). The van der Waals surface area contributed by atoms with E-state index >= 15 is 0 Å². The highest BCUT2D eigenvalue weighted by Crippen LogP contribution is 2.68. The van der Waals surface area contributed by atoms with Crippen LogP contribution in [0.2, 0.25) is 0 Å². The number of aryl methyl sites for hydroxylation is 1. The zero-order chi connectivity index (χ0) is 13.6. The van der Waals surface area contributed by atoms with Gasteiger partial charge < -0.3 is 5.32 Å². The largest absolute Gasteiger partial charge is 0.383 e. The van der Waals surface area contributed by atoms with E-state index in [0.29, 0.717) is 16.7 Å². The Morgan fingerprint density at radius 2 is 1.83 bits per heavy atom. The number of anilines is 1. The minimum Gasteiger partial charge on any atom is -0.383 e. The lowest BCUT2D eigenvalue weighted by atomic mass is 10.0. The lowest BCUT2D eigenvalue weighted by molar-refractivity contribution is 0.457. The summed E-state index contributed by atoms with van der Waals surface area (Å²) in [5.41, 5.74) is 3.65. The van der Waals surface area contributed by atoms with Gasteiger partial charge in [-0.2, -0.15) is 5.26 Å².